The first-order chi connectivity index (χ1) is 10.2. The molecule has 0 saturated carbocycles. The molecule has 0 radical (unpaired) electrons. The normalized spacial score (nSPS) is 13.7. The molecule has 0 N–H and O–H groups in total. The molecule has 0 aromatic heterocycles. The number of Topliss-reactive ketones (excluding diaryl/α,β-unsaturated/α-hetero) is 1. The van der Waals surface area contributed by atoms with Gasteiger partial charge in [0, 0.05) is 11.5 Å². The Kier molecular flexibility index (Phi) is 5.32. The van der Waals surface area contributed by atoms with Gasteiger partial charge in [0.2, 0.25) is 0 Å². The third kappa shape index (κ3) is 3.60. The Hall–Kier alpha value is -1.89. The number of carbonyl (C=O) groups is 1. The molecule has 2 unspecified atom stereocenters. The SMILES string of the molecule is CCc1cccc(C(=O)C(c2ccccc2)C(C)CC)c1. The van der Waals surface area contributed by atoms with E-state index in [4.69, 9.17) is 0 Å². The highest BCUT2D eigenvalue weighted by atomic mass is 16.1. The zero-order chi connectivity index (χ0) is 15.2. The first-order valence-electron chi connectivity index (χ1n) is 7.85. The predicted octanol–water partition coefficient (Wildman–Crippen LogP) is 5.26. The number of carbonyl (C=O) groups excluding carboxylic acids is 1. The molecule has 0 amide bonds. The van der Waals surface area contributed by atoms with E-state index in [1.807, 2.05) is 36.4 Å². The first kappa shape index (κ1) is 15.5. The van der Waals surface area contributed by atoms with Gasteiger partial charge in [-0.15, -0.1) is 0 Å². The van der Waals surface area contributed by atoms with Crippen LogP contribution in [0, 0.1) is 5.92 Å². The topological polar surface area (TPSA) is 17.1 Å². The van der Waals surface area contributed by atoms with Gasteiger partial charge in [-0.1, -0.05) is 75.7 Å². The minimum absolute atomic E-state index is 0.0525. The summed E-state index contributed by atoms with van der Waals surface area (Å²) in [4.78, 5) is 13.0. The summed E-state index contributed by atoms with van der Waals surface area (Å²) in [5.74, 6) is 0.527. The van der Waals surface area contributed by atoms with Crippen molar-refractivity contribution in [3.8, 4) is 0 Å². The molecule has 2 rings (SSSR count). The van der Waals surface area contributed by atoms with Crippen molar-refractivity contribution in [1.29, 1.82) is 0 Å². The molecule has 0 saturated heterocycles. The quantitative estimate of drug-likeness (QED) is 0.659. The van der Waals surface area contributed by atoms with Gasteiger partial charge in [-0.2, -0.15) is 0 Å². The molecule has 0 heterocycles. The lowest BCUT2D eigenvalue weighted by atomic mass is 9.80. The summed E-state index contributed by atoms with van der Waals surface area (Å²) in [7, 11) is 0. The van der Waals surface area contributed by atoms with E-state index in [1.54, 1.807) is 0 Å². The molecule has 21 heavy (non-hydrogen) atoms. The Morgan fingerprint density at radius 2 is 1.71 bits per heavy atom. The van der Waals surface area contributed by atoms with Crippen molar-refractivity contribution in [1.82, 2.24) is 0 Å². The summed E-state index contributed by atoms with van der Waals surface area (Å²) >= 11 is 0. The second-order valence-electron chi connectivity index (χ2n) is 5.69. The van der Waals surface area contributed by atoms with E-state index in [2.05, 4.69) is 39.0 Å². The van der Waals surface area contributed by atoms with Crippen LogP contribution in [0.3, 0.4) is 0 Å². The lowest BCUT2D eigenvalue weighted by molar-refractivity contribution is 0.0932. The Morgan fingerprint density at radius 1 is 1.00 bits per heavy atom. The maximum atomic E-state index is 13.0. The molecular weight excluding hydrogens is 256 g/mol. The summed E-state index contributed by atoms with van der Waals surface area (Å²) in [5.41, 5.74) is 3.18. The standard InChI is InChI=1S/C20H24O/c1-4-15(3)19(17-11-7-6-8-12-17)20(21)18-13-9-10-16(5-2)14-18/h6-15,19H,4-5H2,1-3H3. The van der Waals surface area contributed by atoms with Crippen molar-refractivity contribution in [2.45, 2.75) is 39.5 Å². The van der Waals surface area contributed by atoms with Gasteiger partial charge in [-0.25, -0.2) is 0 Å². The van der Waals surface area contributed by atoms with E-state index in [0.717, 1.165) is 24.0 Å². The Morgan fingerprint density at radius 3 is 2.33 bits per heavy atom. The lowest BCUT2D eigenvalue weighted by Gasteiger charge is -2.22. The number of aryl methyl sites for hydroxylation is 1. The van der Waals surface area contributed by atoms with Crippen LogP contribution >= 0.6 is 0 Å². The van der Waals surface area contributed by atoms with Crippen molar-refractivity contribution < 1.29 is 4.79 Å². The van der Waals surface area contributed by atoms with Gasteiger partial charge in [0.1, 0.15) is 0 Å². The molecule has 110 valence electrons. The smallest absolute Gasteiger partial charge is 0.170 e. The maximum Gasteiger partial charge on any atom is 0.170 e. The molecule has 1 heteroatoms. The van der Waals surface area contributed by atoms with Crippen LogP contribution in [-0.2, 0) is 6.42 Å². The number of hydrogen-bond acceptors (Lipinski definition) is 1. The fourth-order valence-electron chi connectivity index (χ4n) is 2.76. The zero-order valence-electron chi connectivity index (χ0n) is 13.2. The van der Waals surface area contributed by atoms with E-state index in [-0.39, 0.29) is 11.7 Å². The van der Waals surface area contributed by atoms with Crippen LogP contribution in [0.15, 0.2) is 54.6 Å². The van der Waals surface area contributed by atoms with Crippen molar-refractivity contribution in [2.24, 2.45) is 5.92 Å². The molecule has 0 aliphatic carbocycles. The Bertz CT molecular complexity index is 586. The van der Waals surface area contributed by atoms with Crippen LogP contribution in [0.25, 0.3) is 0 Å². The van der Waals surface area contributed by atoms with Gasteiger partial charge in [0.15, 0.2) is 5.78 Å². The molecule has 0 aliphatic rings. The molecular formula is C20H24O. The fourth-order valence-corrected chi connectivity index (χ4v) is 2.76. The molecule has 0 bridgehead atoms. The molecule has 2 aromatic carbocycles. The molecule has 1 nitrogen and oxygen atoms in total. The van der Waals surface area contributed by atoms with Gasteiger partial charge in [-0.3, -0.25) is 4.79 Å². The van der Waals surface area contributed by atoms with E-state index >= 15 is 0 Å². The highest BCUT2D eigenvalue weighted by Gasteiger charge is 2.26. The van der Waals surface area contributed by atoms with E-state index in [0.29, 0.717) is 5.92 Å². The van der Waals surface area contributed by atoms with Gasteiger partial charge >= 0.3 is 0 Å². The first-order valence-corrected chi connectivity index (χ1v) is 7.85. The number of rotatable bonds is 6. The monoisotopic (exact) mass is 280 g/mol. The van der Waals surface area contributed by atoms with Crippen LogP contribution in [0.2, 0.25) is 0 Å². The zero-order valence-corrected chi connectivity index (χ0v) is 13.2. The van der Waals surface area contributed by atoms with E-state index in [1.165, 1.54) is 5.56 Å². The largest absolute Gasteiger partial charge is 0.293 e. The molecule has 0 fully saturated rings. The van der Waals surface area contributed by atoms with Crippen LogP contribution < -0.4 is 0 Å². The van der Waals surface area contributed by atoms with Crippen LogP contribution in [-0.4, -0.2) is 5.78 Å². The van der Waals surface area contributed by atoms with E-state index < -0.39 is 0 Å². The molecule has 0 spiro atoms. The van der Waals surface area contributed by atoms with Crippen LogP contribution in [0.4, 0.5) is 0 Å². The van der Waals surface area contributed by atoms with Gasteiger partial charge < -0.3 is 0 Å². The van der Waals surface area contributed by atoms with Gasteiger partial charge in [0.25, 0.3) is 0 Å². The summed E-state index contributed by atoms with van der Waals surface area (Å²) in [6.45, 7) is 6.43. The second-order valence-corrected chi connectivity index (χ2v) is 5.69. The van der Waals surface area contributed by atoms with Crippen molar-refractivity contribution in [3.63, 3.8) is 0 Å². The molecule has 0 aliphatic heterocycles. The van der Waals surface area contributed by atoms with Crippen LogP contribution in [0.1, 0.15) is 54.6 Å². The van der Waals surface area contributed by atoms with Crippen molar-refractivity contribution in [2.75, 3.05) is 0 Å². The summed E-state index contributed by atoms with van der Waals surface area (Å²) < 4.78 is 0. The average molecular weight is 280 g/mol. The van der Waals surface area contributed by atoms with Crippen molar-refractivity contribution >= 4 is 5.78 Å². The highest BCUT2D eigenvalue weighted by molar-refractivity contribution is 6.01. The van der Waals surface area contributed by atoms with Crippen molar-refractivity contribution in [3.05, 3.63) is 71.3 Å². The molecule has 2 atom stereocenters. The Balaban J connectivity index is 2.39. The van der Waals surface area contributed by atoms with Gasteiger partial charge in [-0.05, 0) is 29.5 Å². The van der Waals surface area contributed by atoms with Gasteiger partial charge in [0.05, 0.1) is 0 Å². The highest BCUT2D eigenvalue weighted by Crippen LogP contribution is 2.30. The second kappa shape index (κ2) is 7.21. The summed E-state index contributed by atoms with van der Waals surface area (Å²) in [6, 6.07) is 18.2. The van der Waals surface area contributed by atoms with E-state index in [9.17, 15) is 4.79 Å². The number of benzene rings is 2. The Labute approximate surface area is 128 Å². The minimum atomic E-state index is -0.0525. The number of hydrogen-bond donors (Lipinski definition) is 0. The minimum Gasteiger partial charge on any atom is -0.293 e. The third-order valence-corrected chi connectivity index (χ3v) is 4.27. The third-order valence-electron chi connectivity index (χ3n) is 4.27. The average Bonchev–Trinajstić information content (AvgIpc) is 2.55. The number of ketones is 1. The maximum absolute atomic E-state index is 13.0. The van der Waals surface area contributed by atoms with Crippen LogP contribution in [0.5, 0.6) is 0 Å². The summed E-state index contributed by atoms with van der Waals surface area (Å²) in [6.07, 6.45) is 1.96. The predicted molar refractivity (Wildman–Crippen MR) is 88.8 cm³/mol. The molecule has 2 aromatic rings. The fraction of sp³-hybridized carbons (Fsp3) is 0.350. The summed E-state index contributed by atoms with van der Waals surface area (Å²) in [5, 5.41) is 0. The lowest BCUT2D eigenvalue weighted by Crippen LogP contribution is -2.20.